The smallest absolute Gasteiger partial charge is 0.205 e. The van der Waals surface area contributed by atoms with Crippen LogP contribution in [0.2, 0.25) is 0 Å². The number of pyridine rings is 1. The van der Waals surface area contributed by atoms with E-state index in [1.54, 1.807) is 6.20 Å². The highest BCUT2D eigenvalue weighted by Crippen LogP contribution is 2.13. The van der Waals surface area contributed by atoms with Crippen molar-refractivity contribution >= 4 is 0 Å². The largest absolute Gasteiger partial charge is 0.316 e. The topological polar surface area (TPSA) is 68.5 Å². The first-order valence-electron chi connectivity index (χ1n) is 6.32. The van der Waals surface area contributed by atoms with Gasteiger partial charge in [0.2, 0.25) is 5.82 Å². The molecule has 0 spiro atoms. The van der Waals surface area contributed by atoms with Gasteiger partial charge >= 0.3 is 0 Å². The van der Waals surface area contributed by atoms with E-state index in [0.29, 0.717) is 11.6 Å². The Kier molecular flexibility index (Phi) is 3.47. The lowest BCUT2D eigenvalue weighted by molar-refractivity contribution is 0.697. The van der Waals surface area contributed by atoms with Crippen LogP contribution in [0.4, 0.5) is 0 Å². The number of tetrazole rings is 1. The third-order valence-corrected chi connectivity index (χ3v) is 2.84. The normalized spacial score (nSPS) is 10.7. The summed E-state index contributed by atoms with van der Waals surface area (Å²) in [5, 5.41) is 15.6. The SMILES string of the molecule is CNCc1ccnc(-n2nnc(-c3ccccc3)n2)c1. The fraction of sp³-hybridized carbons (Fsp3) is 0.143. The van der Waals surface area contributed by atoms with E-state index in [9.17, 15) is 0 Å². The number of aromatic nitrogens is 5. The molecule has 1 N–H and O–H groups in total. The zero-order valence-electron chi connectivity index (χ0n) is 11.1. The first-order valence-corrected chi connectivity index (χ1v) is 6.32. The Morgan fingerprint density at radius 1 is 1.15 bits per heavy atom. The van der Waals surface area contributed by atoms with Crippen molar-refractivity contribution in [2.45, 2.75) is 6.54 Å². The Hall–Kier alpha value is -2.60. The molecule has 0 bridgehead atoms. The monoisotopic (exact) mass is 266 g/mol. The van der Waals surface area contributed by atoms with Crippen LogP contribution in [0.5, 0.6) is 0 Å². The predicted molar refractivity (Wildman–Crippen MR) is 75.1 cm³/mol. The fourth-order valence-corrected chi connectivity index (χ4v) is 1.90. The van der Waals surface area contributed by atoms with Crippen molar-refractivity contribution < 1.29 is 0 Å². The van der Waals surface area contributed by atoms with Crippen molar-refractivity contribution in [3.63, 3.8) is 0 Å². The summed E-state index contributed by atoms with van der Waals surface area (Å²) in [4.78, 5) is 5.72. The molecule has 2 aromatic heterocycles. The minimum absolute atomic E-state index is 0.589. The standard InChI is InChI=1S/C14H14N6/c1-15-10-11-7-8-16-13(9-11)20-18-14(17-19-20)12-5-3-2-4-6-12/h2-9,15H,10H2,1H3. The highest BCUT2D eigenvalue weighted by molar-refractivity contribution is 5.53. The highest BCUT2D eigenvalue weighted by atomic mass is 15.6. The Bertz CT molecular complexity index is 692. The Morgan fingerprint density at radius 3 is 2.80 bits per heavy atom. The Labute approximate surface area is 116 Å². The minimum Gasteiger partial charge on any atom is -0.316 e. The van der Waals surface area contributed by atoms with Gasteiger partial charge in [-0.15, -0.1) is 15.0 Å². The van der Waals surface area contributed by atoms with Gasteiger partial charge in [-0.25, -0.2) is 4.98 Å². The maximum absolute atomic E-state index is 4.36. The van der Waals surface area contributed by atoms with E-state index in [2.05, 4.69) is 25.7 Å². The van der Waals surface area contributed by atoms with E-state index in [1.165, 1.54) is 4.80 Å². The number of hydrogen-bond donors (Lipinski definition) is 1. The van der Waals surface area contributed by atoms with E-state index in [-0.39, 0.29) is 0 Å². The molecular formula is C14H14N6. The number of rotatable bonds is 4. The number of nitrogens with one attached hydrogen (secondary N) is 1. The van der Waals surface area contributed by atoms with Crippen LogP contribution in [0.1, 0.15) is 5.56 Å². The van der Waals surface area contributed by atoms with Crippen LogP contribution < -0.4 is 5.32 Å². The molecule has 6 heteroatoms. The number of hydrogen-bond acceptors (Lipinski definition) is 5. The van der Waals surface area contributed by atoms with Gasteiger partial charge in [0.15, 0.2) is 5.82 Å². The molecule has 0 aliphatic heterocycles. The van der Waals surface area contributed by atoms with Crippen LogP contribution in [0.3, 0.4) is 0 Å². The predicted octanol–water partition coefficient (Wildman–Crippen LogP) is 1.44. The molecule has 0 amide bonds. The Balaban J connectivity index is 1.92. The molecule has 2 heterocycles. The summed E-state index contributed by atoms with van der Waals surface area (Å²) in [6.07, 6.45) is 1.74. The van der Waals surface area contributed by atoms with E-state index < -0.39 is 0 Å². The van der Waals surface area contributed by atoms with Gasteiger partial charge in [-0.2, -0.15) is 0 Å². The molecule has 0 saturated carbocycles. The van der Waals surface area contributed by atoms with Crippen LogP contribution in [0, 0.1) is 0 Å². The van der Waals surface area contributed by atoms with Crippen LogP contribution in [-0.2, 0) is 6.54 Å². The molecule has 0 aliphatic carbocycles. The molecule has 0 aliphatic rings. The second kappa shape index (κ2) is 5.58. The van der Waals surface area contributed by atoms with Gasteiger partial charge in [-0.1, -0.05) is 30.3 Å². The quantitative estimate of drug-likeness (QED) is 0.774. The van der Waals surface area contributed by atoms with Crippen LogP contribution in [-0.4, -0.2) is 32.2 Å². The van der Waals surface area contributed by atoms with Crippen LogP contribution >= 0.6 is 0 Å². The zero-order valence-corrected chi connectivity index (χ0v) is 11.1. The molecule has 3 rings (SSSR count). The maximum atomic E-state index is 4.36. The summed E-state index contributed by atoms with van der Waals surface area (Å²) in [6, 6.07) is 13.6. The first-order chi connectivity index (χ1) is 9.86. The second-order valence-electron chi connectivity index (χ2n) is 4.32. The van der Waals surface area contributed by atoms with Gasteiger partial charge in [0.25, 0.3) is 0 Å². The molecule has 0 atom stereocenters. The first kappa shape index (κ1) is 12.4. The maximum Gasteiger partial charge on any atom is 0.205 e. The lowest BCUT2D eigenvalue weighted by Crippen LogP contribution is -2.07. The summed E-state index contributed by atoms with van der Waals surface area (Å²) in [5.74, 6) is 1.25. The molecule has 0 saturated heterocycles. The minimum atomic E-state index is 0.589. The summed E-state index contributed by atoms with van der Waals surface area (Å²) >= 11 is 0. The van der Waals surface area contributed by atoms with Crippen molar-refractivity contribution in [2.24, 2.45) is 0 Å². The van der Waals surface area contributed by atoms with Crippen molar-refractivity contribution in [3.05, 3.63) is 54.2 Å². The highest BCUT2D eigenvalue weighted by Gasteiger charge is 2.07. The average molecular weight is 266 g/mol. The third kappa shape index (κ3) is 2.55. The lowest BCUT2D eigenvalue weighted by atomic mass is 10.2. The van der Waals surface area contributed by atoms with Crippen LogP contribution in [0.15, 0.2) is 48.7 Å². The summed E-state index contributed by atoms with van der Waals surface area (Å²) < 4.78 is 0. The van der Waals surface area contributed by atoms with Crippen LogP contribution in [0.25, 0.3) is 17.2 Å². The molecule has 1 aromatic carbocycles. The van der Waals surface area contributed by atoms with Crippen molar-refractivity contribution in [1.29, 1.82) is 0 Å². The third-order valence-electron chi connectivity index (χ3n) is 2.84. The van der Waals surface area contributed by atoms with E-state index in [4.69, 9.17) is 0 Å². The van der Waals surface area contributed by atoms with E-state index >= 15 is 0 Å². The molecule has 0 fully saturated rings. The van der Waals surface area contributed by atoms with Crippen molar-refractivity contribution in [2.75, 3.05) is 7.05 Å². The Morgan fingerprint density at radius 2 is 2.00 bits per heavy atom. The molecule has 100 valence electrons. The molecule has 3 aromatic rings. The van der Waals surface area contributed by atoms with Gasteiger partial charge in [0.05, 0.1) is 0 Å². The number of benzene rings is 1. The van der Waals surface area contributed by atoms with Crippen molar-refractivity contribution in [3.8, 4) is 17.2 Å². The zero-order chi connectivity index (χ0) is 13.8. The fourth-order valence-electron chi connectivity index (χ4n) is 1.90. The summed E-state index contributed by atoms with van der Waals surface area (Å²) in [7, 11) is 1.90. The van der Waals surface area contributed by atoms with Gasteiger partial charge in [0.1, 0.15) is 0 Å². The van der Waals surface area contributed by atoms with Gasteiger partial charge in [-0.05, 0) is 30.0 Å². The van der Waals surface area contributed by atoms with Gasteiger partial charge in [-0.3, -0.25) is 0 Å². The molecule has 6 nitrogen and oxygen atoms in total. The van der Waals surface area contributed by atoms with E-state index in [1.807, 2.05) is 49.5 Å². The van der Waals surface area contributed by atoms with Crippen molar-refractivity contribution in [1.82, 2.24) is 30.5 Å². The summed E-state index contributed by atoms with van der Waals surface area (Å²) in [5.41, 5.74) is 2.06. The van der Waals surface area contributed by atoms with E-state index in [0.717, 1.165) is 17.7 Å². The molecule has 0 unspecified atom stereocenters. The average Bonchev–Trinajstić information content (AvgIpc) is 2.99. The number of nitrogens with zero attached hydrogens (tertiary/aromatic N) is 5. The lowest BCUT2D eigenvalue weighted by Gasteiger charge is -2.01. The summed E-state index contributed by atoms with van der Waals surface area (Å²) in [6.45, 7) is 0.774. The molecular weight excluding hydrogens is 252 g/mol. The van der Waals surface area contributed by atoms with Gasteiger partial charge < -0.3 is 5.32 Å². The second-order valence-corrected chi connectivity index (χ2v) is 4.32. The molecule has 20 heavy (non-hydrogen) atoms. The van der Waals surface area contributed by atoms with Gasteiger partial charge in [0, 0.05) is 18.3 Å². The molecule has 0 radical (unpaired) electrons.